The fourth-order valence-electron chi connectivity index (χ4n) is 1.81. The molecule has 1 amide bonds. The third-order valence-electron chi connectivity index (χ3n) is 3.02. The number of benzene rings is 1. The van der Waals surface area contributed by atoms with Gasteiger partial charge in [0.25, 0.3) is 0 Å². The minimum Gasteiger partial charge on any atom is -0.478 e. The first kappa shape index (κ1) is 16.1. The van der Waals surface area contributed by atoms with Gasteiger partial charge >= 0.3 is 5.97 Å². The maximum absolute atomic E-state index is 11.9. The summed E-state index contributed by atoms with van der Waals surface area (Å²) >= 11 is 0. The van der Waals surface area contributed by atoms with E-state index in [4.69, 9.17) is 15.6 Å². The highest BCUT2D eigenvalue weighted by molar-refractivity contribution is 5.98. The van der Waals surface area contributed by atoms with Gasteiger partial charge in [0.1, 0.15) is 0 Å². The first-order chi connectivity index (χ1) is 9.47. The van der Waals surface area contributed by atoms with Crippen LogP contribution in [0.4, 0.5) is 5.69 Å². The standard InChI is InChI=1S/C14H20N2O4/c1-9-10(14(18)19)5-3-7-12(9)16-13(17)11(15)6-4-8-20-2/h3,5,7,11H,4,6,8,15H2,1-2H3,(H,16,17)(H,18,19). The lowest BCUT2D eigenvalue weighted by Crippen LogP contribution is -2.36. The zero-order valence-corrected chi connectivity index (χ0v) is 11.7. The monoisotopic (exact) mass is 280 g/mol. The van der Waals surface area contributed by atoms with Gasteiger partial charge in [-0.2, -0.15) is 0 Å². The number of carboxylic acids is 1. The van der Waals surface area contributed by atoms with Gasteiger partial charge in [-0.3, -0.25) is 4.79 Å². The Morgan fingerprint density at radius 3 is 2.75 bits per heavy atom. The molecule has 1 aromatic rings. The Morgan fingerprint density at radius 2 is 2.15 bits per heavy atom. The van der Waals surface area contributed by atoms with Crippen molar-refractivity contribution in [2.24, 2.45) is 5.73 Å². The van der Waals surface area contributed by atoms with E-state index in [0.717, 1.165) is 0 Å². The summed E-state index contributed by atoms with van der Waals surface area (Å²) in [4.78, 5) is 22.9. The largest absolute Gasteiger partial charge is 0.478 e. The van der Waals surface area contributed by atoms with Crippen LogP contribution in [0.3, 0.4) is 0 Å². The Balaban J connectivity index is 2.71. The Hall–Kier alpha value is -1.92. The van der Waals surface area contributed by atoms with Gasteiger partial charge in [0, 0.05) is 19.4 Å². The maximum Gasteiger partial charge on any atom is 0.336 e. The van der Waals surface area contributed by atoms with Gasteiger partial charge in [0.2, 0.25) is 5.91 Å². The Kier molecular flexibility index (Phi) is 6.14. The van der Waals surface area contributed by atoms with Crippen LogP contribution in [0.1, 0.15) is 28.8 Å². The summed E-state index contributed by atoms with van der Waals surface area (Å²) in [5, 5.41) is 11.7. The molecule has 0 saturated carbocycles. The van der Waals surface area contributed by atoms with Crippen LogP contribution in [0.25, 0.3) is 0 Å². The van der Waals surface area contributed by atoms with Crippen LogP contribution in [-0.4, -0.2) is 36.7 Å². The van der Waals surface area contributed by atoms with E-state index in [1.54, 1.807) is 26.2 Å². The SMILES string of the molecule is COCCCC(N)C(=O)Nc1cccc(C(=O)O)c1C. The second-order valence-corrected chi connectivity index (χ2v) is 4.51. The minimum atomic E-state index is -1.03. The molecule has 1 rings (SSSR count). The van der Waals surface area contributed by atoms with Gasteiger partial charge in [-0.15, -0.1) is 0 Å². The summed E-state index contributed by atoms with van der Waals surface area (Å²) in [5.74, 6) is -1.35. The predicted octanol–water partition coefficient (Wildman–Crippen LogP) is 1.39. The minimum absolute atomic E-state index is 0.163. The summed E-state index contributed by atoms with van der Waals surface area (Å²) in [7, 11) is 1.59. The molecule has 0 spiro atoms. The molecule has 0 aliphatic rings. The van der Waals surface area contributed by atoms with E-state index in [0.29, 0.717) is 30.7 Å². The predicted molar refractivity (Wildman–Crippen MR) is 75.9 cm³/mol. The summed E-state index contributed by atoms with van der Waals surface area (Å²) in [5.41, 5.74) is 6.91. The van der Waals surface area contributed by atoms with E-state index in [9.17, 15) is 9.59 Å². The van der Waals surface area contributed by atoms with Gasteiger partial charge in [0.15, 0.2) is 0 Å². The number of ether oxygens (including phenoxy) is 1. The van der Waals surface area contributed by atoms with E-state index in [1.165, 1.54) is 6.07 Å². The summed E-state index contributed by atoms with van der Waals surface area (Å²) < 4.78 is 4.90. The summed E-state index contributed by atoms with van der Waals surface area (Å²) in [6.45, 7) is 2.20. The average molecular weight is 280 g/mol. The number of nitrogens with two attached hydrogens (primary N) is 1. The fourth-order valence-corrected chi connectivity index (χ4v) is 1.81. The number of hydrogen-bond donors (Lipinski definition) is 3. The number of nitrogens with one attached hydrogen (secondary N) is 1. The molecule has 1 aromatic carbocycles. The van der Waals surface area contributed by atoms with Crippen molar-refractivity contribution in [1.29, 1.82) is 0 Å². The molecule has 1 atom stereocenters. The molecule has 0 heterocycles. The zero-order chi connectivity index (χ0) is 15.1. The molecule has 0 radical (unpaired) electrons. The molecular formula is C14H20N2O4. The van der Waals surface area contributed by atoms with Crippen molar-refractivity contribution in [3.8, 4) is 0 Å². The normalized spacial score (nSPS) is 11.9. The van der Waals surface area contributed by atoms with Crippen molar-refractivity contribution in [2.75, 3.05) is 19.0 Å². The van der Waals surface area contributed by atoms with Crippen LogP contribution in [0.2, 0.25) is 0 Å². The maximum atomic E-state index is 11.9. The lowest BCUT2D eigenvalue weighted by molar-refractivity contribution is -0.117. The van der Waals surface area contributed by atoms with Crippen molar-refractivity contribution in [3.05, 3.63) is 29.3 Å². The van der Waals surface area contributed by atoms with Crippen molar-refractivity contribution in [2.45, 2.75) is 25.8 Å². The number of aromatic carboxylic acids is 1. The molecular weight excluding hydrogens is 260 g/mol. The first-order valence-corrected chi connectivity index (χ1v) is 6.35. The number of carboxylic acid groups (broad SMARTS) is 1. The van der Waals surface area contributed by atoms with Crippen LogP contribution in [0, 0.1) is 6.92 Å². The number of hydrogen-bond acceptors (Lipinski definition) is 4. The number of amides is 1. The smallest absolute Gasteiger partial charge is 0.336 e. The van der Waals surface area contributed by atoms with Gasteiger partial charge in [0.05, 0.1) is 11.6 Å². The molecule has 0 bridgehead atoms. The summed E-state index contributed by atoms with van der Waals surface area (Å²) in [6.07, 6.45) is 1.20. The highest BCUT2D eigenvalue weighted by Gasteiger charge is 2.16. The van der Waals surface area contributed by atoms with Crippen molar-refractivity contribution < 1.29 is 19.4 Å². The molecule has 20 heavy (non-hydrogen) atoms. The van der Waals surface area contributed by atoms with E-state index in [2.05, 4.69) is 5.32 Å². The summed E-state index contributed by atoms with van der Waals surface area (Å²) in [6, 6.07) is 4.09. The molecule has 0 aromatic heterocycles. The number of carbonyl (C=O) groups excluding carboxylic acids is 1. The Labute approximate surface area is 117 Å². The highest BCUT2D eigenvalue weighted by atomic mass is 16.5. The van der Waals surface area contributed by atoms with Crippen molar-refractivity contribution in [1.82, 2.24) is 0 Å². The van der Waals surface area contributed by atoms with Crippen LogP contribution < -0.4 is 11.1 Å². The first-order valence-electron chi connectivity index (χ1n) is 6.35. The number of carbonyl (C=O) groups is 2. The van der Waals surface area contributed by atoms with Gasteiger partial charge in [-0.05, 0) is 37.5 Å². The average Bonchev–Trinajstić information content (AvgIpc) is 2.40. The molecule has 4 N–H and O–H groups in total. The highest BCUT2D eigenvalue weighted by Crippen LogP contribution is 2.19. The van der Waals surface area contributed by atoms with Gasteiger partial charge < -0.3 is 20.9 Å². The molecule has 6 heteroatoms. The van der Waals surface area contributed by atoms with E-state index < -0.39 is 12.0 Å². The third-order valence-corrected chi connectivity index (χ3v) is 3.02. The lowest BCUT2D eigenvalue weighted by atomic mass is 10.1. The molecule has 0 aliphatic carbocycles. The lowest BCUT2D eigenvalue weighted by Gasteiger charge is -2.14. The van der Waals surface area contributed by atoms with Crippen LogP contribution in [0.15, 0.2) is 18.2 Å². The zero-order valence-electron chi connectivity index (χ0n) is 11.7. The topological polar surface area (TPSA) is 102 Å². The van der Waals surface area contributed by atoms with Crippen molar-refractivity contribution in [3.63, 3.8) is 0 Å². The van der Waals surface area contributed by atoms with E-state index >= 15 is 0 Å². The van der Waals surface area contributed by atoms with E-state index in [1.807, 2.05) is 0 Å². The molecule has 0 aliphatic heterocycles. The second-order valence-electron chi connectivity index (χ2n) is 4.51. The molecule has 0 saturated heterocycles. The molecule has 6 nitrogen and oxygen atoms in total. The quantitative estimate of drug-likeness (QED) is 0.655. The number of rotatable bonds is 7. The van der Waals surface area contributed by atoms with Gasteiger partial charge in [-0.25, -0.2) is 4.79 Å². The Bertz CT molecular complexity index is 488. The molecule has 0 fully saturated rings. The number of methoxy groups -OCH3 is 1. The molecule has 1 unspecified atom stereocenters. The van der Waals surface area contributed by atoms with Crippen LogP contribution in [-0.2, 0) is 9.53 Å². The van der Waals surface area contributed by atoms with Gasteiger partial charge in [-0.1, -0.05) is 6.07 Å². The van der Waals surface area contributed by atoms with E-state index in [-0.39, 0.29) is 11.5 Å². The van der Waals surface area contributed by atoms with Crippen LogP contribution in [0.5, 0.6) is 0 Å². The Morgan fingerprint density at radius 1 is 1.45 bits per heavy atom. The fraction of sp³-hybridized carbons (Fsp3) is 0.429. The second kappa shape index (κ2) is 7.62. The van der Waals surface area contributed by atoms with Crippen LogP contribution >= 0.6 is 0 Å². The third kappa shape index (κ3) is 4.32. The van der Waals surface area contributed by atoms with Crippen molar-refractivity contribution >= 4 is 17.6 Å². The number of anilines is 1. The molecule has 110 valence electrons.